The molecule has 3 heterocycles. The Bertz CT molecular complexity index is 1250. The first-order chi connectivity index (χ1) is 15.7. The third-order valence-electron chi connectivity index (χ3n) is 5.34. The van der Waals surface area contributed by atoms with E-state index in [0.717, 1.165) is 59.3 Å². The molecule has 1 saturated heterocycles. The Hall–Kier alpha value is -3.49. The summed E-state index contributed by atoms with van der Waals surface area (Å²) in [4.78, 5) is 24.2. The van der Waals surface area contributed by atoms with E-state index in [-0.39, 0.29) is 5.91 Å². The third kappa shape index (κ3) is 4.28. The number of thiazole rings is 1. The van der Waals surface area contributed by atoms with Crippen LogP contribution in [-0.2, 0) is 4.74 Å². The van der Waals surface area contributed by atoms with E-state index < -0.39 is 0 Å². The van der Waals surface area contributed by atoms with Crippen LogP contribution in [0.15, 0.2) is 60.0 Å². The summed E-state index contributed by atoms with van der Waals surface area (Å²) >= 11 is 1.64. The van der Waals surface area contributed by atoms with E-state index in [1.807, 2.05) is 48.5 Å². The number of rotatable bonds is 5. The Morgan fingerprint density at radius 1 is 1.06 bits per heavy atom. The largest absolute Gasteiger partial charge is 0.497 e. The fraction of sp³-hybridized carbons (Fsp3) is 0.208. The number of benzene rings is 2. The van der Waals surface area contributed by atoms with E-state index in [1.165, 1.54) is 0 Å². The van der Waals surface area contributed by atoms with Gasteiger partial charge in [0.05, 0.1) is 31.5 Å². The van der Waals surface area contributed by atoms with Crippen molar-refractivity contribution >= 4 is 39.0 Å². The zero-order chi connectivity index (χ0) is 21.9. The van der Waals surface area contributed by atoms with E-state index in [0.29, 0.717) is 11.4 Å². The molecule has 5 rings (SSSR count). The average molecular weight is 447 g/mol. The Kier molecular flexibility index (Phi) is 5.70. The molecule has 0 bridgehead atoms. The van der Waals surface area contributed by atoms with Crippen molar-refractivity contribution < 1.29 is 14.3 Å². The molecule has 2 aromatic carbocycles. The molecule has 0 saturated carbocycles. The van der Waals surface area contributed by atoms with Crippen molar-refractivity contribution in [3.63, 3.8) is 0 Å². The maximum Gasteiger partial charge on any atom is 0.274 e. The third-order valence-corrected chi connectivity index (χ3v) is 6.24. The second kappa shape index (κ2) is 8.94. The van der Waals surface area contributed by atoms with Crippen molar-refractivity contribution in [2.45, 2.75) is 0 Å². The SMILES string of the molecule is COc1ccc2nc(C(=O)Nc3ccc(-c4csc(N5CCOCC5)n4)cc3)ccc2c1. The molecule has 162 valence electrons. The highest BCUT2D eigenvalue weighted by Gasteiger charge is 2.15. The number of hydrogen-bond acceptors (Lipinski definition) is 7. The van der Waals surface area contributed by atoms with E-state index in [1.54, 1.807) is 24.5 Å². The molecule has 4 aromatic rings. The smallest absolute Gasteiger partial charge is 0.274 e. The Morgan fingerprint density at radius 3 is 2.66 bits per heavy atom. The van der Waals surface area contributed by atoms with Crippen molar-refractivity contribution in [3.8, 4) is 17.0 Å². The van der Waals surface area contributed by atoms with Crippen LogP contribution in [0.3, 0.4) is 0 Å². The van der Waals surface area contributed by atoms with E-state index in [4.69, 9.17) is 14.5 Å². The standard InChI is InChI=1S/C24H22N4O3S/c1-30-19-7-9-20-17(14-19)4-8-21(26-20)23(29)25-18-5-2-16(3-6-18)22-15-32-24(27-22)28-10-12-31-13-11-28/h2-9,14-15H,10-13H2,1H3,(H,25,29). The van der Waals surface area contributed by atoms with Crippen molar-refractivity contribution in [1.29, 1.82) is 0 Å². The van der Waals surface area contributed by atoms with Crippen LogP contribution in [0, 0.1) is 0 Å². The summed E-state index contributed by atoms with van der Waals surface area (Å²) in [7, 11) is 1.62. The lowest BCUT2D eigenvalue weighted by molar-refractivity contribution is 0.102. The van der Waals surface area contributed by atoms with Crippen molar-refractivity contribution in [2.24, 2.45) is 0 Å². The lowest BCUT2D eigenvalue weighted by atomic mass is 10.1. The second-order valence-corrected chi connectivity index (χ2v) is 8.24. The summed E-state index contributed by atoms with van der Waals surface area (Å²) in [6, 6.07) is 16.9. The molecule has 0 unspecified atom stereocenters. The van der Waals surface area contributed by atoms with Gasteiger partial charge in [0, 0.05) is 35.1 Å². The van der Waals surface area contributed by atoms with Crippen molar-refractivity contribution in [2.75, 3.05) is 43.6 Å². The average Bonchev–Trinajstić information content (AvgIpc) is 3.35. The molecule has 0 aliphatic carbocycles. The zero-order valence-corrected chi connectivity index (χ0v) is 18.4. The number of hydrogen-bond donors (Lipinski definition) is 1. The molecule has 8 heteroatoms. The summed E-state index contributed by atoms with van der Waals surface area (Å²) in [5.41, 5.74) is 3.76. The molecular weight excluding hydrogens is 424 g/mol. The number of pyridine rings is 1. The maximum absolute atomic E-state index is 12.7. The van der Waals surface area contributed by atoms with Gasteiger partial charge in [0.15, 0.2) is 5.13 Å². The fourth-order valence-corrected chi connectivity index (χ4v) is 4.46. The quantitative estimate of drug-likeness (QED) is 0.488. The summed E-state index contributed by atoms with van der Waals surface area (Å²) < 4.78 is 10.6. The van der Waals surface area contributed by atoms with Gasteiger partial charge < -0.3 is 19.7 Å². The predicted molar refractivity (Wildman–Crippen MR) is 127 cm³/mol. The van der Waals surface area contributed by atoms with Gasteiger partial charge in [-0.15, -0.1) is 11.3 Å². The molecule has 1 N–H and O–H groups in total. The Balaban J connectivity index is 1.28. The molecule has 0 radical (unpaired) electrons. The summed E-state index contributed by atoms with van der Waals surface area (Å²) in [6.45, 7) is 3.22. The monoisotopic (exact) mass is 446 g/mol. The van der Waals surface area contributed by atoms with Gasteiger partial charge in [0.2, 0.25) is 0 Å². The van der Waals surface area contributed by atoms with E-state index >= 15 is 0 Å². The topological polar surface area (TPSA) is 76.6 Å². The molecule has 1 aliphatic rings. The van der Waals surface area contributed by atoms with Gasteiger partial charge >= 0.3 is 0 Å². The van der Waals surface area contributed by atoms with Crippen LogP contribution < -0.4 is 15.0 Å². The highest BCUT2D eigenvalue weighted by Crippen LogP contribution is 2.29. The van der Waals surface area contributed by atoms with Crippen LogP contribution in [0.25, 0.3) is 22.2 Å². The lowest BCUT2D eigenvalue weighted by Crippen LogP contribution is -2.36. The first-order valence-electron chi connectivity index (χ1n) is 10.3. The van der Waals surface area contributed by atoms with Crippen LogP contribution in [0.5, 0.6) is 5.75 Å². The van der Waals surface area contributed by atoms with Crippen molar-refractivity contribution in [3.05, 3.63) is 65.7 Å². The maximum atomic E-state index is 12.7. The molecule has 32 heavy (non-hydrogen) atoms. The fourth-order valence-electron chi connectivity index (χ4n) is 3.57. The molecule has 1 fully saturated rings. The van der Waals surface area contributed by atoms with Crippen molar-refractivity contribution in [1.82, 2.24) is 9.97 Å². The number of morpholine rings is 1. The second-order valence-electron chi connectivity index (χ2n) is 7.40. The van der Waals surface area contributed by atoms with Crippen LogP contribution in [0.4, 0.5) is 10.8 Å². The number of methoxy groups -OCH3 is 1. The molecule has 0 spiro atoms. The first-order valence-corrected chi connectivity index (χ1v) is 11.2. The zero-order valence-electron chi connectivity index (χ0n) is 17.6. The van der Waals surface area contributed by atoms with Gasteiger partial charge in [-0.2, -0.15) is 0 Å². The molecule has 1 aliphatic heterocycles. The molecule has 1 amide bonds. The first kappa shape index (κ1) is 20.4. The lowest BCUT2D eigenvalue weighted by Gasteiger charge is -2.26. The number of nitrogens with one attached hydrogen (secondary N) is 1. The number of amides is 1. The number of aromatic nitrogens is 2. The number of anilines is 2. The molecular formula is C24H22N4O3S. The molecule has 0 atom stereocenters. The number of ether oxygens (including phenoxy) is 2. The Labute approximate surface area is 189 Å². The van der Waals surface area contributed by atoms with E-state index in [2.05, 4.69) is 20.6 Å². The molecule has 7 nitrogen and oxygen atoms in total. The van der Waals surface area contributed by atoms with E-state index in [9.17, 15) is 4.79 Å². The van der Waals surface area contributed by atoms with Crippen LogP contribution >= 0.6 is 11.3 Å². The Morgan fingerprint density at radius 2 is 1.88 bits per heavy atom. The summed E-state index contributed by atoms with van der Waals surface area (Å²) in [6.07, 6.45) is 0. The van der Waals surface area contributed by atoms with Gasteiger partial charge in [0.25, 0.3) is 5.91 Å². The van der Waals surface area contributed by atoms with Crippen LogP contribution in [-0.4, -0.2) is 49.3 Å². The minimum Gasteiger partial charge on any atom is -0.497 e. The summed E-state index contributed by atoms with van der Waals surface area (Å²) in [5, 5.41) is 6.91. The number of carbonyl (C=O) groups excluding carboxylic acids is 1. The minimum atomic E-state index is -0.251. The minimum absolute atomic E-state index is 0.251. The highest BCUT2D eigenvalue weighted by atomic mass is 32.1. The number of carbonyl (C=O) groups is 1. The van der Waals surface area contributed by atoms with Crippen LogP contribution in [0.1, 0.15) is 10.5 Å². The van der Waals surface area contributed by atoms with Crippen LogP contribution in [0.2, 0.25) is 0 Å². The van der Waals surface area contributed by atoms with Gasteiger partial charge in [-0.25, -0.2) is 9.97 Å². The normalized spacial score (nSPS) is 13.8. The van der Waals surface area contributed by atoms with Gasteiger partial charge in [-0.3, -0.25) is 4.79 Å². The predicted octanol–water partition coefficient (Wildman–Crippen LogP) is 4.46. The summed E-state index contributed by atoms with van der Waals surface area (Å²) in [5.74, 6) is 0.507. The number of fused-ring (bicyclic) bond motifs is 1. The number of nitrogens with zero attached hydrogens (tertiary/aromatic N) is 3. The van der Waals surface area contributed by atoms with Gasteiger partial charge in [-0.05, 0) is 36.4 Å². The molecule has 2 aromatic heterocycles. The van der Waals surface area contributed by atoms with Gasteiger partial charge in [0.1, 0.15) is 11.4 Å². The van der Waals surface area contributed by atoms with Gasteiger partial charge in [-0.1, -0.05) is 18.2 Å². The highest BCUT2D eigenvalue weighted by molar-refractivity contribution is 7.14.